The van der Waals surface area contributed by atoms with E-state index in [1.165, 1.54) is 35.4 Å². The van der Waals surface area contributed by atoms with E-state index in [2.05, 4.69) is 10.3 Å². The molecule has 0 atom stereocenters. The SMILES string of the molecule is COc1ccc(NCN(Cc2cc(Cl)c(F)c(Cl)c2)C(=O)N(C=O)c2ccc[nH]c2=O)cc1. The molecular formula is C22H19Cl2FN4O4. The normalized spacial score (nSPS) is 10.4. The lowest BCUT2D eigenvalue weighted by Gasteiger charge is -2.28. The van der Waals surface area contributed by atoms with Gasteiger partial charge in [-0.05, 0) is 54.1 Å². The van der Waals surface area contributed by atoms with Crippen molar-refractivity contribution in [2.75, 3.05) is 24.0 Å². The highest BCUT2D eigenvalue weighted by Gasteiger charge is 2.25. The lowest BCUT2D eigenvalue weighted by molar-refractivity contribution is -0.107. The maximum absolute atomic E-state index is 13.8. The Bertz CT molecular complexity index is 1180. The van der Waals surface area contributed by atoms with Crippen molar-refractivity contribution < 1.29 is 18.7 Å². The largest absolute Gasteiger partial charge is 0.497 e. The number of imide groups is 1. The molecular weight excluding hydrogens is 474 g/mol. The maximum Gasteiger partial charge on any atom is 0.333 e. The van der Waals surface area contributed by atoms with Gasteiger partial charge < -0.3 is 19.9 Å². The second-order valence-electron chi connectivity index (χ2n) is 6.78. The molecule has 33 heavy (non-hydrogen) atoms. The second-order valence-corrected chi connectivity index (χ2v) is 7.59. The van der Waals surface area contributed by atoms with E-state index in [0.29, 0.717) is 21.9 Å². The van der Waals surface area contributed by atoms with Crippen LogP contribution in [0.2, 0.25) is 10.0 Å². The van der Waals surface area contributed by atoms with Crippen LogP contribution in [0.4, 0.5) is 20.6 Å². The lowest BCUT2D eigenvalue weighted by atomic mass is 10.2. The Labute approximate surface area is 198 Å². The molecule has 11 heteroatoms. The molecule has 172 valence electrons. The molecule has 0 fully saturated rings. The number of nitrogens with zero attached hydrogens (tertiary/aromatic N) is 2. The number of aromatic nitrogens is 1. The van der Waals surface area contributed by atoms with Gasteiger partial charge in [-0.2, -0.15) is 0 Å². The molecule has 1 heterocycles. The molecule has 0 bridgehead atoms. The van der Waals surface area contributed by atoms with Crippen LogP contribution in [0.25, 0.3) is 0 Å². The van der Waals surface area contributed by atoms with Crippen molar-refractivity contribution in [2.24, 2.45) is 0 Å². The number of benzene rings is 2. The summed E-state index contributed by atoms with van der Waals surface area (Å²) in [6.07, 6.45) is 1.63. The Balaban J connectivity index is 1.90. The summed E-state index contributed by atoms with van der Waals surface area (Å²) >= 11 is 11.8. The number of urea groups is 1. The van der Waals surface area contributed by atoms with Crippen molar-refractivity contribution in [1.82, 2.24) is 9.88 Å². The molecule has 3 amide bonds. The Morgan fingerprint density at radius 1 is 1.18 bits per heavy atom. The maximum atomic E-state index is 13.8. The van der Waals surface area contributed by atoms with Crippen LogP contribution in [0.15, 0.2) is 59.5 Å². The highest BCUT2D eigenvalue weighted by Crippen LogP contribution is 2.26. The van der Waals surface area contributed by atoms with Crippen LogP contribution in [-0.4, -0.2) is 36.1 Å². The Morgan fingerprint density at radius 2 is 1.85 bits per heavy atom. The number of pyridine rings is 1. The predicted molar refractivity (Wildman–Crippen MR) is 124 cm³/mol. The minimum atomic E-state index is -0.792. The third-order valence-electron chi connectivity index (χ3n) is 4.62. The zero-order valence-corrected chi connectivity index (χ0v) is 18.9. The van der Waals surface area contributed by atoms with Gasteiger partial charge in [0, 0.05) is 18.4 Å². The Morgan fingerprint density at radius 3 is 2.42 bits per heavy atom. The Hall–Kier alpha value is -3.56. The van der Waals surface area contributed by atoms with Crippen LogP contribution in [0.1, 0.15) is 5.56 Å². The third-order valence-corrected chi connectivity index (χ3v) is 5.17. The number of amides is 3. The standard InChI is InChI=1S/C22H19Cl2FN4O4/c1-33-16-6-4-15(5-7-16)27-12-28(11-14-9-17(23)20(25)18(24)10-14)22(32)29(13-30)19-3-2-8-26-21(19)31/h2-10,13,27H,11-12H2,1H3,(H,26,31). The highest BCUT2D eigenvalue weighted by molar-refractivity contribution is 6.35. The summed E-state index contributed by atoms with van der Waals surface area (Å²) in [4.78, 5) is 41.5. The summed E-state index contributed by atoms with van der Waals surface area (Å²) in [7, 11) is 1.54. The first-order valence-corrected chi connectivity index (χ1v) is 10.3. The first-order valence-electron chi connectivity index (χ1n) is 9.56. The summed E-state index contributed by atoms with van der Waals surface area (Å²) in [5.41, 5.74) is 0.319. The van der Waals surface area contributed by atoms with Crippen molar-refractivity contribution in [3.8, 4) is 5.75 Å². The van der Waals surface area contributed by atoms with Crippen molar-refractivity contribution in [3.63, 3.8) is 0 Å². The number of anilines is 2. The average molecular weight is 493 g/mol. The van der Waals surface area contributed by atoms with Crippen LogP contribution < -0.4 is 20.5 Å². The van der Waals surface area contributed by atoms with E-state index in [0.717, 1.165) is 0 Å². The van der Waals surface area contributed by atoms with E-state index in [1.54, 1.807) is 31.4 Å². The number of hydrogen-bond donors (Lipinski definition) is 2. The molecule has 0 aliphatic rings. The monoisotopic (exact) mass is 492 g/mol. The minimum absolute atomic E-state index is 0.0626. The van der Waals surface area contributed by atoms with Gasteiger partial charge in [-0.15, -0.1) is 0 Å². The number of hydrogen-bond acceptors (Lipinski definition) is 5. The number of halogens is 3. The molecule has 0 saturated carbocycles. The average Bonchev–Trinajstić information content (AvgIpc) is 2.82. The number of ether oxygens (including phenoxy) is 1. The van der Waals surface area contributed by atoms with E-state index in [9.17, 15) is 18.8 Å². The lowest BCUT2D eigenvalue weighted by Crippen LogP contribution is -2.46. The van der Waals surface area contributed by atoms with E-state index < -0.39 is 17.4 Å². The summed E-state index contributed by atoms with van der Waals surface area (Å²) in [5, 5.41) is 2.65. The number of rotatable bonds is 8. The fraction of sp³-hybridized carbons (Fsp3) is 0.136. The molecule has 0 aliphatic carbocycles. The quantitative estimate of drug-likeness (QED) is 0.274. The molecule has 8 nitrogen and oxygen atoms in total. The minimum Gasteiger partial charge on any atom is -0.497 e. The number of nitrogens with one attached hydrogen (secondary N) is 2. The van der Waals surface area contributed by atoms with Gasteiger partial charge in [-0.1, -0.05) is 23.2 Å². The van der Waals surface area contributed by atoms with E-state index >= 15 is 0 Å². The molecule has 0 spiro atoms. The Kier molecular flexibility index (Phi) is 7.92. The number of H-pyrrole nitrogens is 1. The number of carbonyl (C=O) groups is 2. The summed E-state index contributed by atoms with van der Waals surface area (Å²) in [6.45, 7) is -0.149. The summed E-state index contributed by atoms with van der Waals surface area (Å²) < 4.78 is 19.0. The van der Waals surface area contributed by atoms with Gasteiger partial charge in [0.1, 0.15) is 11.4 Å². The number of aromatic amines is 1. The van der Waals surface area contributed by atoms with Gasteiger partial charge in [0.05, 0.1) is 23.8 Å². The smallest absolute Gasteiger partial charge is 0.333 e. The van der Waals surface area contributed by atoms with Gasteiger partial charge in [0.2, 0.25) is 6.41 Å². The molecule has 2 N–H and O–H groups in total. The predicted octanol–water partition coefficient (Wildman–Crippen LogP) is 4.48. The molecule has 3 rings (SSSR count). The van der Waals surface area contributed by atoms with Gasteiger partial charge >= 0.3 is 6.03 Å². The molecule has 0 unspecified atom stereocenters. The van der Waals surface area contributed by atoms with Crippen LogP contribution in [-0.2, 0) is 11.3 Å². The number of carbonyl (C=O) groups excluding carboxylic acids is 2. The molecule has 1 aromatic heterocycles. The van der Waals surface area contributed by atoms with Crippen LogP contribution in [0.5, 0.6) is 5.75 Å². The van der Waals surface area contributed by atoms with E-state index in [1.807, 2.05) is 0 Å². The summed E-state index contributed by atoms with van der Waals surface area (Å²) in [6, 6.07) is 11.6. The third kappa shape index (κ3) is 5.82. The van der Waals surface area contributed by atoms with Gasteiger partial charge in [0.15, 0.2) is 5.82 Å². The molecule has 0 saturated heterocycles. The molecule has 3 aromatic rings. The van der Waals surface area contributed by atoms with Crippen molar-refractivity contribution >= 4 is 47.0 Å². The van der Waals surface area contributed by atoms with Crippen molar-refractivity contribution in [2.45, 2.75) is 6.54 Å². The van der Waals surface area contributed by atoms with Crippen molar-refractivity contribution in [1.29, 1.82) is 0 Å². The summed E-state index contributed by atoms with van der Waals surface area (Å²) in [5.74, 6) is -0.124. The second kappa shape index (κ2) is 10.8. The molecule has 0 aliphatic heterocycles. The highest BCUT2D eigenvalue weighted by atomic mass is 35.5. The fourth-order valence-corrected chi connectivity index (χ4v) is 3.50. The fourth-order valence-electron chi connectivity index (χ4n) is 2.97. The number of methoxy groups -OCH3 is 1. The van der Waals surface area contributed by atoms with E-state index in [4.69, 9.17) is 27.9 Å². The first kappa shape index (κ1) is 24.1. The van der Waals surface area contributed by atoms with Gasteiger partial charge in [-0.25, -0.2) is 14.1 Å². The zero-order chi connectivity index (χ0) is 24.0. The first-order chi connectivity index (χ1) is 15.8. The van der Waals surface area contributed by atoms with Gasteiger partial charge in [-0.3, -0.25) is 9.59 Å². The van der Waals surface area contributed by atoms with Gasteiger partial charge in [0.25, 0.3) is 5.56 Å². The zero-order valence-electron chi connectivity index (χ0n) is 17.3. The molecule has 0 radical (unpaired) electrons. The topological polar surface area (TPSA) is 94.7 Å². The van der Waals surface area contributed by atoms with Crippen molar-refractivity contribution in [3.05, 3.63) is 86.5 Å². The van der Waals surface area contributed by atoms with Crippen LogP contribution >= 0.6 is 23.2 Å². The van der Waals surface area contributed by atoms with Crippen LogP contribution in [0.3, 0.4) is 0 Å². The molecule has 2 aromatic carbocycles. The van der Waals surface area contributed by atoms with Crippen LogP contribution in [0, 0.1) is 5.82 Å². The van der Waals surface area contributed by atoms with E-state index in [-0.39, 0.29) is 35.4 Å².